The van der Waals surface area contributed by atoms with E-state index in [9.17, 15) is 4.79 Å². The molecule has 0 saturated heterocycles. The number of hydrogen-bond donors (Lipinski definition) is 0. The Labute approximate surface area is 111 Å². The highest BCUT2D eigenvalue weighted by atomic mass is 16.1. The van der Waals surface area contributed by atoms with Crippen LogP contribution in [0, 0.1) is 26.7 Å². The summed E-state index contributed by atoms with van der Waals surface area (Å²) < 4.78 is 1.83. The van der Waals surface area contributed by atoms with Gasteiger partial charge in [-0.2, -0.15) is 5.10 Å². The van der Waals surface area contributed by atoms with E-state index in [1.165, 1.54) is 0 Å². The quantitative estimate of drug-likeness (QED) is 0.787. The summed E-state index contributed by atoms with van der Waals surface area (Å²) in [6.45, 7) is 5.77. The molecule has 0 radical (unpaired) electrons. The molecule has 2 aromatic rings. The first-order chi connectivity index (χ1) is 9.08. The molecule has 0 N–H and O–H groups in total. The number of carbonyl (C=O) groups is 1. The van der Waals surface area contributed by atoms with Crippen LogP contribution in [-0.4, -0.2) is 26.0 Å². The van der Waals surface area contributed by atoms with E-state index in [0.29, 0.717) is 0 Å². The lowest BCUT2D eigenvalue weighted by Gasteiger charge is -2.07. The number of hydrogen-bond acceptors (Lipinski definition) is 4. The van der Waals surface area contributed by atoms with Gasteiger partial charge in [-0.05, 0) is 39.3 Å². The summed E-state index contributed by atoms with van der Waals surface area (Å²) >= 11 is 0. The molecule has 1 aliphatic carbocycles. The SMILES string of the molecule is Cc1cc(-n2nc(C)nc2C)cc(C2CC2C=O)n1. The van der Waals surface area contributed by atoms with Crippen molar-refractivity contribution in [3.8, 4) is 5.69 Å². The number of aromatic nitrogens is 4. The van der Waals surface area contributed by atoms with Gasteiger partial charge in [0.15, 0.2) is 0 Å². The van der Waals surface area contributed by atoms with E-state index >= 15 is 0 Å². The number of rotatable bonds is 3. The Hall–Kier alpha value is -2.04. The fourth-order valence-corrected chi connectivity index (χ4v) is 2.46. The van der Waals surface area contributed by atoms with Crippen LogP contribution in [-0.2, 0) is 4.79 Å². The van der Waals surface area contributed by atoms with Crippen LogP contribution < -0.4 is 0 Å². The van der Waals surface area contributed by atoms with Gasteiger partial charge >= 0.3 is 0 Å². The fraction of sp³-hybridized carbons (Fsp3) is 0.429. The predicted molar refractivity (Wildman–Crippen MR) is 70.3 cm³/mol. The van der Waals surface area contributed by atoms with Gasteiger partial charge in [0.2, 0.25) is 0 Å². The summed E-state index contributed by atoms with van der Waals surface area (Å²) in [5.74, 6) is 2.03. The van der Waals surface area contributed by atoms with Gasteiger partial charge in [-0.3, -0.25) is 4.98 Å². The molecule has 1 fully saturated rings. The zero-order chi connectivity index (χ0) is 13.6. The van der Waals surface area contributed by atoms with Gasteiger partial charge in [-0.1, -0.05) is 0 Å². The normalized spacial score (nSPS) is 21.4. The number of carbonyl (C=O) groups excluding carboxylic acids is 1. The van der Waals surface area contributed by atoms with E-state index < -0.39 is 0 Å². The van der Waals surface area contributed by atoms with E-state index in [1.807, 2.05) is 37.6 Å². The molecule has 98 valence electrons. The summed E-state index contributed by atoms with van der Waals surface area (Å²) in [5.41, 5.74) is 2.90. The van der Waals surface area contributed by atoms with E-state index in [4.69, 9.17) is 0 Å². The summed E-state index contributed by atoms with van der Waals surface area (Å²) in [6.07, 6.45) is 1.94. The van der Waals surface area contributed by atoms with Crippen molar-refractivity contribution >= 4 is 6.29 Å². The lowest BCUT2D eigenvalue weighted by atomic mass is 10.2. The van der Waals surface area contributed by atoms with Crippen molar-refractivity contribution in [1.29, 1.82) is 0 Å². The van der Waals surface area contributed by atoms with Crippen molar-refractivity contribution in [2.24, 2.45) is 5.92 Å². The molecule has 1 aliphatic rings. The molecule has 5 heteroatoms. The van der Waals surface area contributed by atoms with Crippen molar-refractivity contribution in [3.63, 3.8) is 0 Å². The summed E-state index contributed by atoms with van der Waals surface area (Å²) in [6, 6.07) is 4.01. The first kappa shape index (κ1) is 12.0. The molecular weight excluding hydrogens is 240 g/mol. The van der Waals surface area contributed by atoms with E-state index in [-0.39, 0.29) is 11.8 Å². The van der Waals surface area contributed by atoms with Crippen molar-refractivity contribution in [2.75, 3.05) is 0 Å². The van der Waals surface area contributed by atoms with E-state index in [1.54, 1.807) is 0 Å². The van der Waals surface area contributed by atoms with Gasteiger partial charge in [-0.15, -0.1) is 0 Å². The largest absolute Gasteiger partial charge is 0.303 e. The maximum atomic E-state index is 10.8. The molecule has 2 aromatic heterocycles. The third kappa shape index (κ3) is 2.16. The number of nitrogens with zero attached hydrogens (tertiary/aromatic N) is 4. The Morgan fingerprint density at radius 1 is 1.26 bits per heavy atom. The molecule has 0 bridgehead atoms. The van der Waals surface area contributed by atoms with Crippen LogP contribution in [0.5, 0.6) is 0 Å². The van der Waals surface area contributed by atoms with Crippen molar-refractivity contribution in [3.05, 3.63) is 35.2 Å². The molecule has 5 nitrogen and oxygen atoms in total. The minimum Gasteiger partial charge on any atom is -0.303 e. The Kier molecular flexibility index (Phi) is 2.69. The third-order valence-corrected chi connectivity index (χ3v) is 3.47. The second-order valence-electron chi connectivity index (χ2n) is 5.15. The lowest BCUT2D eigenvalue weighted by Crippen LogP contribution is -2.03. The highest BCUT2D eigenvalue weighted by Crippen LogP contribution is 2.45. The molecule has 3 rings (SSSR count). The van der Waals surface area contributed by atoms with Crippen molar-refractivity contribution in [2.45, 2.75) is 33.1 Å². The average Bonchev–Trinajstić information content (AvgIpc) is 3.07. The highest BCUT2D eigenvalue weighted by molar-refractivity contribution is 5.61. The smallest absolute Gasteiger partial charge is 0.148 e. The molecule has 0 aliphatic heterocycles. The van der Waals surface area contributed by atoms with Crippen LogP contribution in [0.25, 0.3) is 5.69 Å². The molecule has 2 atom stereocenters. The lowest BCUT2D eigenvalue weighted by molar-refractivity contribution is -0.108. The van der Waals surface area contributed by atoms with Gasteiger partial charge in [-0.25, -0.2) is 9.67 Å². The van der Waals surface area contributed by atoms with Crippen molar-refractivity contribution in [1.82, 2.24) is 19.7 Å². The van der Waals surface area contributed by atoms with E-state index in [0.717, 1.165) is 41.4 Å². The van der Waals surface area contributed by atoms with Gasteiger partial charge in [0.1, 0.15) is 17.9 Å². The highest BCUT2D eigenvalue weighted by Gasteiger charge is 2.39. The Bertz CT molecular complexity index is 647. The van der Waals surface area contributed by atoms with Gasteiger partial charge in [0, 0.05) is 23.2 Å². The zero-order valence-electron chi connectivity index (χ0n) is 11.3. The van der Waals surface area contributed by atoms with Gasteiger partial charge in [0.25, 0.3) is 0 Å². The third-order valence-electron chi connectivity index (χ3n) is 3.47. The van der Waals surface area contributed by atoms with Crippen LogP contribution in [0.1, 0.15) is 35.4 Å². The van der Waals surface area contributed by atoms with E-state index in [2.05, 4.69) is 15.1 Å². The molecule has 0 spiro atoms. The van der Waals surface area contributed by atoms with Crippen LogP contribution in [0.2, 0.25) is 0 Å². The Balaban J connectivity index is 2.03. The molecule has 1 saturated carbocycles. The van der Waals surface area contributed by atoms with Gasteiger partial charge in [0.05, 0.1) is 5.69 Å². The minimum absolute atomic E-state index is 0.140. The number of aldehydes is 1. The Morgan fingerprint density at radius 3 is 2.63 bits per heavy atom. The fourth-order valence-electron chi connectivity index (χ4n) is 2.46. The van der Waals surface area contributed by atoms with Crippen LogP contribution in [0.3, 0.4) is 0 Å². The van der Waals surface area contributed by atoms with Gasteiger partial charge < -0.3 is 4.79 Å². The summed E-state index contributed by atoms with van der Waals surface area (Å²) in [5, 5.41) is 4.39. The first-order valence-electron chi connectivity index (χ1n) is 6.43. The second-order valence-corrected chi connectivity index (χ2v) is 5.15. The Morgan fingerprint density at radius 2 is 2.05 bits per heavy atom. The number of pyridine rings is 1. The molecular formula is C14H16N4O. The van der Waals surface area contributed by atoms with Crippen LogP contribution in [0.4, 0.5) is 0 Å². The molecule has 0 amide bonds. The number of aryl methyl sites for hydroxylation is 3. The minimum atomic E-state index is 0.140. The zero-order valence-corrected chi connectivity index (χ0v) is 11.3. The molecule has 2 unspecified atom stereocenters. The van der Waals surface area contributed by atoms with Crippen molar-refractivity contribution < 1.29 is 4.79 Å². The second kappa shape index (κ2) is 4.26. The maximum absolute atomic E-state index is 10.8. The summed E-state index contributed by atoms with van der Waals surface area (Å²) in [7, 11) is 0. The maximum Gasteiger partial charge on any atom is 0.148 e. The summed E-state index contributed by atoms with van der Waals surface area (Å²) in [4.78, 5) is 19.6. The topological polar surface area (TPSA) is 60.7 Å². The molecule has 2 heterocycles. The predicted octanol–water partition coefficient (Wildman–Crippen LogP) is 1.89. The average molecular weight is 256 g/mol. The van der Waals surface area contributed by atoms with Crippen LogP contribution >= 0.6 is 0 Å². The van der Waals surface area contributed by atoms with Crippen LogP contribution in [0.15, 0.2) is 12.1 Å². The molecule has 0 aromatic carbocycles. The standard InChI is InChI=1S/C14H16N4O/c1-8-4-12(18-10(3)16-9(2)17-18)6-14(15-8)13-5-11(13)7-19/h4,6-7,11,13H,5H2,1-3H3. The molecule has 19 heavy (non-hydrogen) atoms. The first-order valence-corrected chi connectivity index (χ1v) is 6.43. The monoisotopic (exact) mass is 256 g/mol.